The summed E-state index contributed by atoms with van der Waals surface area (Å²) in [5.41, 5.74) is 1.33. The van der Waals surface area contributed by atoms with E-state index < -0.39 is 5.82 Å². The number of benzene rings is 2. The average molecular weight is 288 g/mol. The summed E-state index contributed by atoms with van der Waals surface area (Å²) in [5, 5.41) is 0. The normalized spacial score (nSPS) is 11.9. The van der Waals surface area contributed by atoms with Crippen LogP contribution in [0.3, 0.4) is 0 Å². The van der Waals surface area contributed by atoms with Crippen molar-refractivity contribution in [2.75, 3.05) is 21.3 Å². The Morgan fingerprint density at radius 3 is 2.24 bits per heavy atom. The Kier molecular flexibility index (Phi) is 3.05. The number of ether oxygens (including phenoxy) is 3. The zero-order valence-corrected chi connectivity index (χ0v) is 11.8. The van der Waals surface area contributed by atoms with E-state index in [0.717, 1.165) is 0 Å². The third-order valence-electron chi connectivity index (χ3n) is 3.58. The molecule has 0 aromatic heterocycles. The van der Waals surface area contributed by atoms with Gasteiger partial charge in [-0.25, -0.2) is 4.39 Å². The number of hydrogen-bond acceptors (Lipinski definition) is 4. The SMILES string of the molecule is COc1cc2c(c(OC)c1OC)-c1c(F)cccc1C2=O. The molecule has 0 bridgehead atoms. The number of methoxy groups -OCH3 is 3. The molecular formula is C16H13FO4. The number of hydrogen-bond donors (Lipinski definition) is 0. The fraction of sp³-hybridized carbons (Fsp3) is 0.188. The monoisotopic (exact) mass is 288 g/mol. The van der Waals surface area contributed by atoms with Gasteiger partial charge in [0.25, 0.3) is 0 Å². The summed E-state index contributed by atoms with van der Waals surface area (Å²) >= 11 is 0. The maximum Gasteiger partial charge on any atom is 0.203 e. The minimum Gasteiger partial charge on any atom is -0.493 e. The van der Waals surface area contributed by atoms with Crippen LogP contribution in [0.1, 0.15) is 15.9 Å². The molecule has 0 N–H and O–H groups in total. The quantitative estimate of drug-likeness (QED) is 0.743. The van der Waals surface area contributed by atoms with Gasteiger partial charge in [0.1, 0.15) is 5.82 Å². The lowest BCUT2D eigenvalue weighted by molar-refractivity contribution is 0.104. The third-order valence-corrected chi connectivity index (χ3v) is 3.58. The van der Waals surface area contributed by atoms with Gasteiger partial charge in [-0.2, -0.15) is 0 Å². The van der Waals surface area contributed by atoms with Crippen molar-refractivity contribution in [2.45, 2.75) is 0 Å². The van der Waals surface area contributed by atoms with Crippen molar-refractivity contribution in [3.05, 3.63) is 41.2 Å². The van der Waals surface area contributed by atoms with E-state index in [1.54, 1.807) is 12.1 Å². The van der Waals surface area contributed by atoms with Crippen molar-refractivity contribution < 1.29 is 23.4 Å². The zero-order chi connectivity index (χ0) is 15.1. The maximum absolute atomic E-state index is 14.2. The summed E-state index contributed by atoms with van der Waals surface area (Å²) in [6.07, 6.45) is 0. The topological polar surface area (TPSA) is 44.8 Å². The Labute approximate surface area is 121 Å². The molecule has 3 rings (SSSR count). The van der Waals surface area contributed by atoms with Gasteiger partial charge < -0.3 is 14.2 Å². The smallest absolute Gasteiger partial charge is 0.203 e. The van der Waals surface area contributed by atoms with Crippen LogP contribution in [-0.4, -0.2) is 27.1 Å². The van der Waals surface area contributed by atoms with Gasteiger partial charge in [-0.3, -0.25) is 4.79 Å². The molecule has 0 fully saturated rings. The second-order valence-electron chi connectivity index (χ2n) is 4.56. The van der Waals surface area contributed by atoms with Crippen LogP contribution < -0.4 is 14.2 Å². The van der Waals surface area contributed by atoms with E-state index in [9.17, 15) is 9.18 Å². The van der Waals surface area contributed by atoms with Crippen LogP contribution in [0.25, 0.3) is 11.1 Å². The van der Waals surface area contributed by atoms with Crippen LogP contribution in [0, 0.1) is 5.82 Å². The number of carbonyl (C=O) groups is 1. The third kappa shape index (κ3) is 1.70. The molecule has 0 aliphatic heterocycles. The van der Waals surface area contributed by atoms with Gasteiger partial charge >= 0.3 is 0 Å². The second kappa shape index (κ2) is 4.77. The first-order chi connectivity index (χ1) is 10.1. The lowest BCUT2D eigenvalue weighted by Crippen LogP contribution is -2.00. The average Bonchev–Trinajstić information content (AvgIpc) is 2.79. The molecule has 108 valence electrons. The summed E-state index contributed by atoms with van der Waals surface area (Å²) < 4.78 is 30.1. The summed E-state index contributed by atoms with van der Waals surface area (Å²) in [4.78, 5) is 12.5. The van der Waals surface area contributed by atoms with Crippen molar-refractivity contribution in [2.24, 2.45) is 0 Å². The molecule has 2 aromatic carbocycles. The molecular weight excluding hydrogens is 275 g/mol. The van der Waals surface area contributed by atoms with Crippen LogP contribution in [0.4, 0.5) is 4.39 Å². The van der Waals surface area contributed by atoms with Crippen molar-refractivity contribution >= 4 is 5.78 Å². The minimum atomic E-state index is -0.467. The van der Waals surface area contributed by atoms with E-state index in [1.807, 2.05) is 0 Å². The van der Waals surface area contributed by atoms with Gasteiger partial charge in [-0.05, 0) is 12.1 Å². The number of fused-ring (bicyclic) bond motifs is 3. The molecule has 0 unspecified atom stereocenters. The van der Waals surface area contributed by atoms with Crippen molar-refractivity contribution in [1.82, 2.24) is 0 Å². The van der Waals surface area contributed by atoms with Crippen molar-refractivity contribution in [3.8, 4) is 28.4 Å². The van der Waals surface area contributed by atoms with Crippen molar-refractivity contribution in [3.63, 3.8) is 0 Å². The molecule has 0 radical (unpaired) electrons. The van der Waals surface area contributed by atoms with Crippen LogP contribution in [-0.2, 0) is 0 Å². The van der Waals surface area contributed by atoms with E-state index in [2.05, 4.69) is 0 Å². The molecule has 2 aromatic rings. The van der Waals surface area contributed by atoms with Gasteiger partial charge in [0.15, 0.2) is 17.3 Å². The van der Waals surface area contributed by atoms with Gasteiger partial charge in [-0.1, -0.05) is 12.1 Å². The standard InChI is InChI=1S/C16H13FO4/c1-19-11-7-9-13(16(21-3)15(11)20-2)12-8(14(9)18)5-4-6-10(12)17/h4-7H,1-3H3. The summed E-state index contributed by atoms with van der Waals surface area (Å²) in [6.45, 7) is 0. The molecule has 0 heterocycles. The Morgan fingerprint density at radius 2 is 1.62 bits per heavy atom. The Balaban J connectivity index is 2.44. The Morgan fingerprint density at radius 1 is 0.905 bits per heavy atom. The number of ketones is 1. The molecule has 1 aliphatic rings. The Bertz CT molecular complexity index is 752. The fourth-order valence-corrected chi connectivity index (χ4v) is 2.70. The highest BCUT2D eigenvalue weighted by Crippen LogP contribution is 2.51. The molecule has 5 heteroatoms. The van der Waals surface area contributed by atoms with Crippen LogP contribution in [0.2, 0.25) is 0 Å². The van der Waals surface area contributed by atoms with Gasteiger partial charge in [0.05, 0.1) is 21.3 Å². The highest BCUT2D eigenvalue weighted by atomic mass is 19.1. The lowest BCUT2D eigenvalue weighted by atomic mass is 10.0. The van der Waals surface area contributed by atoms with Crippen LogP contribution in [0.5, 0.6) is 17.2 Å². The number of rotatable bonds is 3. The van der Waals surface area contributed by atoms with E-state index in [0.29, 0.717) is 33.9 Å². The lowest BCUT2D eigenvalue weighted by Gasteiger charge is -2.16. The first-order valence-electron chi connectivity index (χ1n) is 6.30. The highest BCUT2D eigenvalue weighted by Gasteiger charge is 2.35. The van der Waals surface area contributed by atoms with Gasteiger partial charge in [0.2, 0.25) is 5.75 Å². The maximum atomic E-state index is 14.2. The second-order valence-corrected chi connectivity index (χ2v) is 4.56. The molecule has 0 saturated heterocycles. The molecule has 4 nitrogen and oxygen atoms in total. The zero-order valence-electron chi connectivity index (χ0n) is 11.8. The molecule has 0 spiro atoms. The molecule has 0 atom stereocenters. The highest BCUT2D eigenvalue weighted by molar-refractivity contribution is 6.23. The van der Waals surface area contributed by atoms with Crippen LogP contribution in [0.15, 0.2) is 24.3 Å². The predicted molar refractivity (Wildman–Crippen MR) is 74.9 cm³/mol. The van der Waals surface area contributed by atoms with Gasteiger partial charge in [0, 0.05) is 22.3 Å². The number of carbonyl (C=O) groups excluding carboxylic acids is 1. The molecule has 0 amide bonds. The van der Waals surface area contributed by atoms with Crippen LogP contribution >= 0.6 is 0 Å². The van der Waals surface area contributed by atoms with E-state index in [4.69, 9.17) is 14.2 Å². The number of halogens is 1. The van der Waals surface area contributed by atoms with Crippen molar-refractivity contribution in [1.29, 1.82) is 0 Å². The van der Waals surface area contributed by atoms with E-state index >= 15 is 0 Å². The first kappa shape index (κ1) is 13.4. The van der Waals surface area contributed by atoms with E-state index in [1.165, 1.54) is 33.5 Å². The predicted octanol–water partition coefficient (Wildman–Crippen LogP) is 3.06. The summed E-state index contributed by atoms with van der Waals surface area (Å²) in [5.74, 6) is 0.283. The molecule has 21 heavy (non-hydrogen) atoms. The first-order valence-corrected chi connectivity index (χ1v) is 6.30. The van der Waals surface area contributed by atoms with E-state index in [-0.39, 0.29) is 11.3 Å². The Hall–Kier alpha value is -2.56. The molecule has 1 aliphatic carbocycles. The fourth-order valence-electron chi connectivity index (χ4n) is 2.70. The summed E-state index contributed by atoms with van der Waals surface area (Å²) in [6, 6.07) is 5.98. The minimum absolute atomic E-state index is 0.246. The van der Waals surface area contributed by atoms with Gasteiger partial charge in [-0.15, -0.1) is 0 Å². The largest absolute Gasteiger partial charge is 0.493 e. The summed E-state index contributed by atoms with van der Waals surface area (Å²) in [7, 11) is 4.38. The molecule has 0 saturated carbocycles.